The van der Waals surface area contributed by atoms with Crippen molar-refractivity contribution >= 4 is 29.1 Å². The van der Waals surface area contributed by atoms with E-state index in [4.69, 9.17) is 17.3 Å². The SMILES string of the molecule is N[C@@H]1CN(C(=O)C2CCN(c3cccc(Cl)c3)C2=O)C[C@H]1c1ccccc1. The molecular formula is C21H22ClN3O2. The van der Waals surface area contributed by atoms with Crippen molar-refractivity contribution in [2.24, 2.45) is 11.7 Å². The van der Waals surface area contributed by atoms with E-state index in [1.807, 2.05) is 42.5 Å². The van der Waals surface area contributed by atoms with Gasteiger partial charge >= 0.3 is 0 Å². The average Bonchev–Trinajstić information content (AvgIpc) is 3.25. The maximum Gasteiger partial charge on any atom is 0.239 e. The Hall–Kier alpha value is -2.37. The second-order valence-corrected chi connectivity index (χ2v) is 7.67. The van der Waals surface area contributed by atoms with Gasteiger partial charge in [0.25, 0.3) is 0 Å². The Kier molecular flexibility index (Phi) is 4.89. The number of benzene rings is 2. The summed E-state index contributed by atoms with van der Waals surface area (Å²) >= 11 is 6.04. The zero-order valence-electron chi connectivity index (χ0n) is 14.9. The number of likely N-dealkylation sites (tertiary alicyclic amines) is 1. The average molecular weight is 384 g/mol. The van der Waals surface area contributed by atoms with Crippen LogP contribution >= 0.6 is 11.6 Å². The number of nitrogens with two attached hydrogens (primary N) is 1. The Balaban J connectivity index is 1.47. The number of carbonyl (C=O) groups excluding carboxylic acids is 2. The molecule has 2 aliphatic rings. The van der Waals surface area contributed by atoms with Crippen LogP contribution in [0, 0.1) is 5.92 Å². The van der Waals surface area contributed by atoms with Crippen LogP contribution in [0.15, 0.2) is 54.6 Å². The van der Waals surface area contributed by atoms with Crippen LogP contribution in [0.5, 0.6) is 0 Å². The van der Waals surface area contributed by atoms with Crippen molar-refractivity contribution in [2.45, 2.75) is 18.4 Å². The van der Waals surface area contributed by atoms with Gasteiger partial charge in [-0.2, -0.15) is 0 Å². The van der Waals surface area contributed by atoms with Crippen molar-refractivity contribution in [1.82, 2.24) is 4.90 Å². The van der Waals surface area contributed by atoms with Gasteiger partial charge in [-0.1, -0.05) is 48.0 Å². The monoisotopic (exact) mass is 383 g/mol. The van der Waals surface area contributed by atoms with E-state index in [0.29, 0.717) is 31.1 Å². The number of nitrogens with zero attached hydrogens (tertiary/aromatic N) is 2. The first kappa shape index (κ1) is 18.0. The largest absolute Gasteiger partial charge is 0.340 e. The van der Waals surface area contributed by atoms with E-state index in [1.165, 1.54) is 0 Å². The zero-order chi connectivity index (χ0) is 19.0. The molecule has 2 aromatic carbocycles. The summed E-state index contributed by atoms with van der Waals surface area (Å²) in [5.74, 6) is -0.793. The molecule has 4 rings (SSSR count). The van der Waals surface area contributed by atoms with Crippen molar-refractivity contribution in [3.63, 3.8) is 0 Å². The Morgan fingerprint density at radius 3 is 2.59 bits per heavy atom. The third kappa shape index (κ3) is 3.45. The molecule has 2 fully saturated rings. The molecule has 0 bridgehead atoms. The summed E-state index contributed by atoms with van der Waals surface area (Å²) in [6, 6.07) is 17.1. The van der Waals surface area contributed by atoms with Gasteiger partial charge in [0.1, 0.15) is 5.92 Å². The fourth-order valence-electron chi connectivity index (χ4n) is 4.09. The second kappa shape index (κ2) is 7.33. The van der Waals surface area contributed by atoms with Crippen molar-refractivity contribution < 1.29 is 9.59 Å². The van der Waals surface area contributed by atoms with Gasteiger partial charge in [-0.25, -0.2) is 0 Å². The molecule has 0 aromatic heterocycles. The molecule has 0 aliphatic carbocycles. The molecule has 5 nitrogen and oxygen atoms in total. The summed E-state index contributed by atoms with van der Waals surface area (Å²) < 4.78 is 0. The van der Waals surface area contributed by atoms with E-state index in [9.17, 15) is 9.59 Å². The highest BCUT2D eigenvalue weighted by molar-refractivity contribution is 6.31. The maximum atomic E-state index is 13.0. The van der Waals surface area contributed by atoms with Crippen LogP contribution in [0.1, 0.15) is 17.9 Å². The molecule has 0 saturated carbocycles. The highest BCUT2D eigenvalue weighted by Gasteiger charge is 2.43. The standard InChI is InChI=1S/C21H22ClN3O2/c22-15-7-4-8-16(11-15)25-10-9-17(21(25)27)20(26)24-12-18(19(23)13-24)14-5-2-1-3-6-14/h1-8,11,17-19H,9-10,12-13,23H2/t17?,18-,19+/m0/s1. The van der Waals surface area contributed by atoms with Crippen LogP contribution in [0.2, 0.25) is 5.02 Å². The minimum absolute atomic E-state index is 0.107. The number of halogens is 1. The van der Waals surface area contributed by atoms with Gasteiger partial charge in [-0.05, 0) is 30.2 Å². The lowest BCUT2D eigenvalue weighted by Gasteiger charge is -2.21. The molecule has 140 valence electrons. The topological polar surface area (TPSA) is 66.6 Å². The Bertz CT molecular complexity index is 858. The highest BCUT2D eigenvalue weighted by Crippen LogP contribution is 2.31. The summed E-state index contributed by atoms with van der Waals surface area (Å²) in [6.45, 7) is 1.57. The smallest absolute Gasteiger partial charge is 0.239 e. The molecule has 0 spiro atoms. The van der Waals surface area contributed by atoms with Crippen molar-refractivity contribution in [2.75, 3.05) is 24.5 Å². The number of anilines is 1. The minimum Gasteiger partial charge on any atom is -0.340 e. The number of amides is 2. The molecule has 2 amide bonds. The van der Waals surface area contributed by atoms with E-state index in [0.717, 1.165) is 11.3 Å². The first-order valence-electron chi connectivity index (χ1n) is 9.21. The van der Waals surface area contributed by atoms with Crippen LogP contribution in [0.25, 0.3) is 0 Å². The van der Waals surface area contributed by atoms with Gasteiger partial charge in [-0.15, -0.1) is 0 Å². The fraction of sp³-hybridized carbons (Fsp3) is 0.333. The Morgan fingerprint density at radius 1 is 1.07 bits per heavy atom. The molecule has 2 aliphatic heterocycles. The first-order chi connectivity index (χ1) is 13.0. The lowest BCUT2D eigenvalue weighted by molar-refractivity contribution is -0.139. The van der Waals surface area contributed by atoms with Crippen molar-refractivity contribution in [1.29, 1.82) is 0 Å². The molecule has 1 unspecified atom stereocenters. The van der Waals surface area contributed by atoms with E-state index in [-0.39, 0.29) is 23.8 Å². The lowest BCUT2D eigenvalue weighted by Crippen LogP contribution is -2.40. The third-order valence-corrected chi connectivity index (χ3v) is 5.76. The first-order valence-corrected chi connectivity index (χ1v) is 9.58. The van der Waals surface area contributed by atoms with Gasteiger partial charge in [0.2, 0.25) is 11.8 Å². The summed E-state index contributed by atoms with van der Waals surface area (Å²) in [5.41, 5.74) is 8.18. The number of hydrogen-bond acceptors (Lipinski definition) is 3. The van der Waals surface area contributed by atoms with Gasteiger partial charge in [0.15, 0.2) is 0 Å². The molecule has 2 heterocycles. The van der Waals surface area contributed by atoms with Crippen LogP contribution in [-0.2, 0) is 9.59 Å². The van der Waals surface area contributed by atoms with Gasteiger partial charge in [0, 0.05) is 42.3 Å². The predicted molar refractivity (Wildman–Crippen MR) is 106 cm³/mol. The molecule has 27 heavy (non-hydrogen) atoms. The molecule has 6 heteroatoms. The summed E-state index contributed by atoms with van der Waals surface area (Å²) in [5, 5.41) is 0.575. The quantitative estimate of drug-likeness (QED) is 0.828. The molecule has 2 saturated heterocycles. The Labute approximate surface area is 163 Å². The predicted octanol–water partition coefficient (Wildman–Crippen LogP) is 2.65. The zero-order valence-corrected chi connectivity index (χ0v) is 15.7. The number of carbonyl (C=O) groups is 2. The second-order valence-electron chi connectivity index (χ2n) is 7.24. The van der Waals surface area contributed by atoms with Gasteiger partial charge in [0.05, 0.1) is 0 Å². The van der Waals surface area contributed by atoms with Gasteiger partial charge < -0.3 is 15.5 Å². The van der Waals surface area contributed by atoms with Crippen molar-refractivity contribution in [3.05, 3.63) is 65.2 Å². The van der Waals surface area contributed by atoms with Crippen LogP contribution < -0.4 is 10.6 Å². The Morgan fingerprint density at radius 2 is 1.85 bits per heavy atom. The fourth-order valence-corrected chi connectivity index (χ4v) is 4.28. The van der Waals surface area contributed by atoms with Crippen LogP contribution in [0.3, 0.4) is 0 Å². The number of hydrogen-bond donors (Lipinski definition) is 1. The normalized spacial score (nSPS) is 25.3. The molecule has 3 atom stereocenters. The minimum atomic E-state index is -0.634. The van der Waals surface area contributed by atoms with Crippen molar-refractivity contribution in [3.8, 4) is 0 Å². The molecular weight excluding hydrogens is 362 g/mol. The molecule has 0 radical (unpaired) electrons. The third-order valence-electron chi connectivity index (χ3n) is 5.53. The summed E-state index contributed by atoms with van der Waals surface area (Å²) in [7, 11) is 0. The lowest BCUT2D eigenvalue weighted by atomic mass is 9.95. The number of rotatable bonds is 3. The van der Waals surface area contributed by atoms with E-state index in [1.54, 1.807) is 21.9 Å². The van der Waals surface area contributed by atoms with E-state index < -0.39 is 5.92 Å². The highest BCUT2D eigenvalue weighted by atomic mass is 35.5. The van der Waals surface area contributed by atoms with Gasteiger partial charge in [-0.3, -0.25) is 9.59 Å². The van der Waals surface area contributed by atoms with Crippen LogP contribution in [-0.4, -0.2) is 42.4 Å². The molecule has 2 aromatic rings. The van der Waals surface area contributed by atoms with E-state index in [2.05, 4.69) is 0 Å². The summed E-state index contributed by atoms with van der Waals surface area (Å²) in [4.78, 5) is 29.3. The van der Waals surface area contributed by atoms with Crippen LogP contribution in [0.4, 0.5) is 5.69 Å². The maximum absolute atomic E-state index is 13.0. The molecule has 2 N–H and O–H groups in total. The van der Waals surface area contributed by atoms with E-state index >= 15 is 0 Å². The summed E-state index contributed by atoms with van der Waals surface area (Å²) in [6.07, 6.45) is 0.520.